The lowest BCUT2D eigenvalue weighted by atomic mass is 9.96. The highest BCUT2D eigenvalue weighted by Crippen LogP contribution is 2.16. The molecule has 0 atom stereocenters. The Labute approximate surface area is 138 Å². The molecule has 23 heavy (non-hydrogen) atoms. The number of esters is 2. The molecule has 0 saturated heterocycles. The first-order valence-electron chi connectivity index (χ1n) is 7.65. The van der Waals surface area contributed by atoms with Crippen LogP contribution in [0.3, 0.4) is 0 Å². The zero-order valence-corrected chi connectivity index (χ0v) is 14.2. The summed E-state index contributed by atoms with van der Waals surface area (Å²) in [6, 6.07) is 0. The van der Waals surface area contributed by atoms with E-state index < -0.39 is 11.9 Å². The smallest absolute Gasteiger partial charge is 0.330 e. The Morgan fingerprint density at radius 1 is 0.826 bits per heavy atom. The number of hydrogen-bond donors (Lipinski definition) is 0. The minimum absolute atomic E-state index is 0.115. The van der Waals surface area contributed by atoms with E-state index in [0.29, 0.717) is 52.5 Å². The molecule has 0 radical (unpaired) electrons. The first kappa shape index (κ1) is 21.3. The lowest BCUT2D eigenvalue weighted by Gasteiger charge is -2.24. The van der Waals surface area contributed by atoms with Crippen LogP contribution in [0.2, 0.25) is 0 Å². The lowest BCUT2D eigenvalue weighted by molar-refractivity contribution is -0.139. The fourth-order valence-electron chi connectivity index (χ4n) is 1.52. The first-order valence-corrected chi connectivity index (χ1v) is 7.65. The molecule has 0 aromatic heterocycles. The Kier molecular flexibility index (Phi) is 11.9. The molecule has 0 bridgehead atoms. The summed E-state index contributed by atoms with van der Waals surface area (Å²) in [5.74, 6) is -0.838. The van der Waals surface area contributed by atoms with Gasteiger partial charge >= 0.3 is 11.9 Å². The topological polar surface area (TPSA) is 71.1 Å². The second kappa shape index (κ2) is 12.8. The summed E-state index contributed by atoms with van der Waals surface area (Å²) in [7, 11) is 0. The van der Waals surface area contributed by atoms with E-state index in [1.807, 2.05) is 13.8 Å². The standard InChI is InChI=1S/C17H28O6/c1-5-15(18)22-11-7-9-20-13-17(3,4)14-21-10-8-12-23-16(19)6-2/h5-6H,1-2,7-14H2,3-4H3. The summed E-state index contributed by atoms with van der Waals surface area (Å²) >= 11 is 0. The molecule has 0 saturated carbocycles. The molecule has 0 amide bonds. The Morgan fingerprint density at radius 2 is 1.22 bits per heavy atom. The summed E-state index contributed by atoms with van der Waals surface area (Å²) in [5, 5.41) is 0. The summed E-state index contributed by atoms with van der Waals surface area (Å²) in [5.41, 5.74) is -0.115. The van der Waals surface area contributed by atoms with E-state index in [9.17, 15) is 9.59 Å². The van der Waals surface area contributed by atoms with E-state index in [0.717, 1.165) is 12.2 Å². The van der Waals surface area contributed by atoms with Gasteiger partial charge < -0.3 is 18.9 Å². The molecule has 0 unspecified atom stereocenters. The van der Waals surface area contributed by atoms with Crippen LogP contribution in [0.15, 0.2) is 25.3 Å². The van der Waals surface area contributed by atoms with Crippen LogP contribution in [0.5, 0.6) is 0 Å². The largest absolute Gasteiger partial charge is 0.462 e. The highest BCUT2D eigenvalue weighted by Gasteiger charge is 2.18. The normalized spacial score (nSPS) is 10.9. The van der Waals surface area contributed by atoms with Crippen molar-refractivity contribution >= 4 is 11.9 Å². The van der Waals surface area contributed by atoms with Crippen LogP contribution in [0.25, 0.3) is 0 Å². The number of rotatable bonds is 14. The van der Waals surface area contributed by atoms with Crippen LogP contribution in [0, 0.1) is 5.41 Å². The summed E-state index contributed by atoms with van der Waals surface area (Å²) in [6.45, 7) is 13.5. The van der Waals surface area contributed by atoms with Gasteiger partial charge in [0, 0.05) is 43.6 Å². The van der Waals surface area contributed by atoms with Crippen molar-refractivity contribution in [2.45, 2.75) is 26.7 Å². The van der Waals surface area contributed by atoms with E-state index in [-0.39, 0.29) is 5.41 Å². The zero-order chi connectivity index (χ0) is 17.6. The Balaban J connectivity index is 3.53. The van der Waals surface area contributed by atoms with Gasteiger partial charge in [0.05, 0.1) is 26.4 Å². The van der Waals surface area contributed by atoms with Crippen LogP contribution in [0.1, 0.15) is 26.7 Å². The van der Waals surface area contributed by atoms with Gasteiger partial charge in [-0.3, -0.25) is 0 Å². The zero-order valence-electron chi connectivity index (χ0n) is 14.2. The molecule has 0 heterocycles. The SMILES string of the molecule is C=CC(=O)OCCCOCC(C)(C)COCCCOC(=O)C=C. The van der Waals surface area contributed by atoms with Gasteiger partial charge in [-0.05, 0) is 0 Å². The Bertz CT molecular complexity index is 341. The molecule has 0 spiro atoms. The third-order valence-electron chi connectivity index (χ3n) is 2.67. The number of ether oxygens (including phenoxy) is 4. The Hall–Kier alpha value is -1.66. The molecule has 0 fully saturated rings. The third-order valence-corrected chi connectivity index (χ3v) is 2.67. The molecule has 6 heteroatoms. The van der Waals surface area contributed by atoms with Gasteiger partial charge in [0.25, 0.3) is 0 Å². The maximum atomic E-state index is 10.8. The number of carbonyl (C=O) groups is 2. The van der Waals surface area contributed by atoms with Crippen LogP contribution in [0.4, 0.5) is 0 Å². The van der Waals surface area contributed by atoms with E-state index in [2.05, 4.69) is 13.2 Å². The van der Waals surface area contributed by atoms with Crippen molar-refractivity contribution in [3.8, 4) is 0 Å². The van der Waals surface area contributed by atoms with Gasteiger partial charge in [0.2, 0.25) is 0 Å². The van der Waals surface area contributed by atoms with Gasteiger partial charge in [0.1, 0.15) is 0 Å². The van der Waals surface area contributed by atoms with Gasteiger partial charge in [-0.1, -0.05) is 27.0 Å². The van der Waals surface area contributed by atoms with E-state index >= 15 is 0 Å². The van der Waals surface area contributed by atoms with Crippen LogP contribution in [-0.4, -0.2) is 51.6 Å². The summed E-state index contributed by atoms with van der Waals surface area (Å²) < 4.78 is 20.8. The molecular formula is C17H28O6. The molecule has 0 aliphatic carbocycles. The fourth-order valence-corrected chi connectivity index (χ4v) is 1.52. The van der Waals surface area contributed by atoms with Gasteiger partial charge in [-0.25, -0.2) is 9.59 Å². The van der Waals surface area contributed by atoms with Gasteiger partial charge in [0.15, 0.2) is 0 Å². The average Bonchev–Trinajstić information content (AvgIpc) is 2.53. The van der Waals surface area contributed by atoms with Crippen LogP contribution in [-0.2, 0) is 28.5 Å². The molecule has 0 N–H and O–H groups in total. The maximum Gasteiger partial charge on any atom is 0.330 e. The van der Waals surface area contributed by atoms with Crippen molar-refractivity contribution < 1.29 is 28.5 Å². The highest BCUT2D eigenvalue weighted by atomic mass is 16.5. The molecular weight excluding hydrogens is 300 g/mol. The number of hydrogen-bond acceptors (Lipinski definition) is 6. The first-order chi connectivity index (χ1) is 10.9. The second-order valence-electron chi connectivity index (χ2n) is 5.72. The quantitative estimate of drug-likeness (QED) is 0.277. The van der Waals surface area contributed by atoms with E-state index in [1.165, 1.54) is 0 Å². The lowest BCUT2D eigenvalue weighted by Crippen LogP contribution is -2.26. The molecule has 0 aliphatic heterocycles. The minimum Gasteiger partial charge on any atom is -0.462 e. The fraction of sp³-hybridized carbons (Fsp3) is 0.647. The minimum atomic E-state index is -0.419. The molecule has 0 aromatic carbocycles. The van der Waals surface area contributed by atoms with Crippen LogP contribution >= 0.6 is 0 Å². The second-order valence-corrected chi connectivity index (χ2v) is 5.72. The van der Waals surface area contributed by atoms with Crippen molar-refractivity contribution in [2.24, 2.45) is 5.41 Å². The monoisotopic (exact) mass is 328 g/mol. The summed E-state index contributed by atoms with van der Waals surface area (Å²) in [6.07, 6.45) is 3.57. The Morgan fingerprint density at radius 3 is 1.57 bits per heavy atom. The van der Waals surface area contributed by atoms with Crippen molar-refractivity contribution in [1.29, 1.82) is 0 Å². The van der Waals surface area contributed by atoms with Gasteiger partial charge in [-0.2, -0.15) is 0 Å². The van der Waals surface area contributed by atoms with Crippen LogP contribution < -0.4 is 0 Å². The van der Waals surface area contributed by atoms with Gasteiger partial charge in [-0.15, -0.1) is 0 Å². The van der Waals surface area contributed by atoms with Crippen molar-refractivity contribution in [1.82, 2.24) is 0 Å². The van der Waals surface area contributed by atoms with E-state index in [4.69, 9.17) is 18.9 Å². The molecule has 6 nitrogen and oxygen atoms in total. The van der Waals surface area contributed by atoms with E-state index in [1.54, 1.807) is 0 Å². The predicted octanol–water partition coefficient (Wildman–Crippen LogP) is 2.28. The molecule has 0 aromatic rings. The average molecular weight is 328 g/mol. The van der Waals surface area contributed by atoms with Crippen molar-refractivity contribution in [3.05, 3.63) is 25.3 Å². The maximum absolute atomic E-state index is 10.8. The number of carbonyl (C=O) groups excluding carboxylic acids is 2. The molecule has 132 valence electrons. The molecule has 0 rings (SSSR count). The summed E-state index contributed by atoms with van der Waals surface area (Å²) in [4.78, 5) is 21.6. The predicted molar refractivity (Wildman–Crippen MR) is 87.0 cm³/mol. The third kappa shape index (κ3) is 13.7. The van der Waals surface area contributed by atoms with Crippen molar-refractivity contribution in [3.63, 3.8) is 0 Å². The highest BCUT2D eigenvalue weighted by molar-refractivity contribution is 5.81. The van der Waals surface area contributed by atoms with Crippen molar-refractivity contribution in [2.75, 3.05) is 39.6 Å². The molecule has 0 aliphatic rings.